The Balaban J connectivity index is 0. The van der Waals surface area contributed by atoms with Crippen molar-refractivity contribution in [3.63, 3.8) is 0 Å². The van der Waals surface area contributed by atoms with Gasteiger partial charge in [0.15, 0.2) is 0 Å². The van der Waals surface area contributed by atoms with E-state index in [1.807, 2.05) is 0 Å². The molecule has 0 fully saturated rings. The third kappa shape index (κ3) is 7.35. The summed E-state index contributed by atoms with van der Waals surface area (Å²) in [5.41, 5.74) is 0.195. The van der Waals surface area contributed by atoms with Crippen LogP contribution in [0.25, 0.3) is 0 Å². The van der Waals surface area contributed by atoms with Crippen LogP contribution in [0.4, 0.5) is 0 Å². The fraction of sp³-hybridized carbons (Fsp3) is 0.625. The van der Waals surface area contributed by atoms with Gasteiger partial charge in [-0.3, -0.25) is 4.55 Å². The molecule has 4 N–H and O–H groups in total. The van der Waals surface area contributed by atoms with Gasteiger partial charge in [0.05, 0.1) is 0 Å². The lowest BCUT2D eigenvalue weighted by Crippen LogP contribution is -2.30. The fourth-order valence-corrected chi connectivity index (χ4v) is 1.18. The van der Waals surface area contributed by atoms with Crippen molar-refractivity contribution in [3.05, 3.63) is 12.2 Å². The monoisotopic (exact) mass is 255 g/mol. The molecule has 0 rings (SSSR count). The SMILES string of the molecule is C=C(C)C(=O)OC(C)C(C)OS(=O)(=O)O.N. The van der Waals surface area contributed by atoms with Gasteiger partial charge in [0, 0.05) is 5.57 Å². The lowest BCUT2D eigenvalue weighted by atomic mass is 10.2. The third-order valence-corrected chi connectivity index (χ3v) is 2.12. The Bertz CT molecular complexity index is 350. The summed E-state index contributed by atoms with van der Waals surface area (Å²) in [6.07, 6.45) is -1.78. The molecule has 2 unspecified atom stereocenters. The summed E-state index contributed by atoms with van der Waals surface area (Å²) in [7, 11) is -4.54. The molecular weight excluding hydrogens is 238 g/mol. The molecule has 7 nitrogen and oxygen atoms in total. The molecule has 0 amide bonds. The molecule has 0 heterocycles. The van der Waals surface area contributed by atoms with Gasteiger partial charge in [-0.05, 0) is 20.8 Å². The van der Waals surface area contributed by atoms with E-state index < -0.39 is 28.6 Å². The highest BCUT2D eigenvalue weighted by atomic mass is 32.3. The van der Waals surface area contributed by atoms with Gasteiger partial charge in [-0.15, -0.1) is 0 Å². The third-order valence-electron chi connectivity index (χ3n) is 1.58. The van der Waals surface area contributed by atoms with E-state index in [4.69, 9.17) is 9.29 Å². The van der Waals surface area contributed by atoms with E-state index in [2.05, 4.69) is 10.8 Å². The van der Waals surface area contributed by atoms with Crippen LogP contribution in [-0.2, 0) is 24.1 Å². The summed E-state index contributed by atoms with van der Waals surface area (Å²) in [5.74, 6) is -0.645. The summed E-state index contributed by atoms with van der Waals surface area (Å²) in [4.78, 5) is 11.0. The zero-order chi connectivity index (χ0) is 12.2. The van der Waals surface area contributed by atoms with Crippen LogP contribution in [0.15, 0.2) is 12.2 Å². The van der Waals surface area contributed by atoms with Crippen LogP contribution in [-0.4, -0.2) is 31.1 Å². The number of carbonyl (C=O) groups is 1. The van der Waals surface area contributed by atoms with Gasteiger partial charge in [-0.25, -0.2) is 8.98 Å². The van der Waals surface area contributed by atoms with Gasteiger partial charge >= 0.3 is 16.4 Å². The first-order valence-electron chi connectivity index (χ1n) is 4.15. The first-order valence-corrected chi connectivity index (χ1v) is 5.52. The van der Waals surface area contributed by atoms with E-state index in [0.717, 1.165) is 0 Å². The quantitative estimate of drug-likeness (QED) is 0.424. The van der Waals surface area contributed by atoms with Crippen molar-refractivity contribution in [2.24, 2.45) is 0 Å². The Morgan fingerprint density at radius 3 is 2.06 bits per heavy atom. The van der Waals surface area contributed by atoms with Crippen molar-refractivity contribution < 1.29 is 26.7 Å². The molecule has 0 aromatic rings. The molecule has 0 spiro atoms. The van der Waals surface area contributed by atoms with Crippen molar-refractivity contribution in [3.8, 4) is 0 Å². The van der Waals surface area contributed by atoms with Gasteiger partial charge in [-0.2, -0.15) is 8.42 Å². The minimum absolute atomic E-state index is 0. The van der Waals surface area contributed by atoms with E-state index in [1.54, 1.807) is 0 Å². The maximum atomic E-state index is 11.0. The molecule has 0 aromatic carbocycles. The van der Waals surface area contributed by atoms with Gasteiger partial charge in [0.1, 0.15) is 12.2 Å². The van der Waals surface area contributed by atoms with Gasteiger partial charge < -0.3 is 10.9 Å². The molecule has 0 saturated heterocycles. The maximum absolute atomic E-state index is 11.0. The highest BCUT2D eigenvalue weighted by molar-refractivity contribution is 7.80. The largest absolute Gasteiger partial charge is 0.457 e. The zero-order valence-corrected chi connectivity index (χ0v) is 10.3. The molecule has 8 heteroatoms. The summed E-state index contributed by atoms with van der Waals surface area (Å²) in [6.45, 7) is 7.61. The molecule has 0 aliphatic carbocycles. The standard InChI is InChI=1S/C8H14O6S.H3N/c1-5(2)8(9)13-6(3)7(4)14-15(10,11)12;/h6-7H,1H2,2-4H3,(H,10,11,12);1H3. The summed E-state index contributed by atoms with van der Waals surface area (Å²) >= 11 is 0. The minimum atomic E-state index is -4.54. The molecule has 0 aromatic heterocycles. The lowest BCUT2D eigenvalue weighted by Gasteiger charge is -2.18. The molecule has 0 radical (unpaired) electrons. The second-order valence-corrected chi connectivity index (χ2v) is 4.17. The predicted molar refractivity (Wildman–Crippen MR) is 57.5 cm³/mol. The summed E-state index contributed by atoms with van der Waals surface area (Å²) in [6, 6.07) is 0. The highest BCUT2D eigenvalue weighted by Crippen LogP contribution is 2.08. The zero-order valence-electron chi connectivity index (χ0n) is 9.47. The van der Waals surface area contributed by atoms with Crippen LogP contribution in [0.1, 0.15) is 20.8 Å². The van der Waals surface area contributed by atoms with Gasteiger partial charge in [0.25, 0.3) is 0 Å². The second kappa shape index (κ2) is 6.59. The average molecular weight is 255 g/mol. The van der Waals surface area contributed by atoms with Gasteiger partial charge in [-0.1, -0.05) is 6.58 Å². The van der Waals surface area contributed by atoms with Crippen LogP contribution < -0.4 is 6.15 Å². The Kier molecular flexibility index (Phi) is 7.18. The number of esters is 1. The summed E-state index contributed by atoms with van der Waals surface area (Å²) in [5, 5.41) is 0. The van der Waals surface area contributed by atoms with Crippen molar-refractivity contribution in [2.45, 2.75) is 33.0 Å². The van der Waals surface area contributed by atoms with Gasteiger partial charge in [0.2, 0.25) is 0 Å². The Labute approximate surface area is 95.0 Å². The van der Waals surface area contributed by atoms with Crippen molar-refractivity contribution in [1.82, 2.24) is 6.15 Å². The summed E-state index contributed by atoms with van der Waals surface area (Å²) < 4.78 is 38.0. The number of hydrogen-bond donors (Lipinski definition) is 2. The Hall–Kier alpha value is -0.960. The Morgan fingerprint density at radius 1 is 1.31 bits per heavy atom. The van der Waals surface area contributed by atoms with E-state index in [-0.39, 0.29) is 11.7 Å². The number of carbonyl (C=O) groups excluding carboxylic acids is 1. The first kappa shape index (κ1) is 17.4. The minimum Gasteiger partial charge on any atom is -0.457 e. The van der Waals surface area contributed by atoms with E-state index in [0.29, 0.717) is 0 Å². The highest BCUT2D eigenvalue weighted by Gasteiger charge is 2.22. The molecule has 0 aliphatic rings. The molecule has 0 saturated carbocycles. The van der Waals surface area contributed by atoms with Crippen LogP contribution >= 0.6 is 0 Å². The van der Waals surface area contributed by atoms with Crippen molar-refractivity contribution in [1.29, 1.82) is 0 Å². The number of rotatable bonds is 5. The normalized spacial score (nSPS) is 14.5. The van der Waals surface area contributed by atoms with Crippen LogP contribution in [0.5, 0.6) is 0 Å². The number of hydrogen-bond acceptors (Lipinski definition) is 6. The van der Waals surface area contributed by atoms with Crippen LogP contribution in [0.3, 0.4) is 0 Å². The number of ether oxygens (including phenoxy) is 1. The Morgan fingerprint density at radius 2 is 1.75 bits per heavy atom. The predicted octanol–water partition coefficient (Wildman–Crippen LogP) is 0.864. The second-order valence-electron chi connectivity index (χ2n) is 3.12. The first-order chi connectivity index (χ1) is 6.63. The molecule has 0 bridgehead atoms. The van der Waals surface area contributed by atoms with Crippen molar-refractivity contribution >= 4 is 16.4 Å². The molecule has 96 valence electrons. The fourth-order valence-electron chi connectivity index (χ4n) is 0.635. The average Bonchev–Trinajstić information content (AvgIpc) is 2.00. The smallest absolute Gasteiger partial charge is 0.397 e. The van der Waals surface area contributed by atoms with E-state index in [9.17, 15) is 13.2 Å². The van der Waals surface area contributed by atoms with E-state index >= 15 is 0 Å². The van der Waals surface area contributed by atoms with Crippen LogP contribution in [0.2, 0.25) is 0 Å². The lowest BCUT2D eigenvalue weighted by molar-refractivity contribution is -0.147. The van der Waals surface area contributed by atoms with E-state index in [1.165, 1.54) is 20.8 Å². The molecular formula is C8H17NO6S. The topological polar surface area (TPSA) is 125 Å². The molecule has 16 heavy (non-hydrogen) atoms. The molecule has 2 atom stereocenters. The van der Waals surface area contributed by atoms with Crippen molar-refractivity contribution in [2.75, 3.05) is 0 Å². The molecule has 0 aliphatic heterocycles. The van der Waals surface area contributed by atoms with Crippen LogP contribution in [0, 0.1) is 0 Å². The maximum Gasteiger partial charge on any atom is 0.397 e.